The zero-order chi connectivity index (χ0) is 14.4. The highest BCUT2D eigenvalue weighted by Crippen LogP contribution is 2.36. The van der Waals surface area contributed by atoms with E-state index in [1.165, 1.54) is 30.2 Å². The summed E-state index contributed by atoms with van der Waals surface area (Å²) in [5.41, 5.74) is 0. The molecular formula is C14H16FN3OS. The predicted molar refractivity (Wildman–Crippen MR) is 77.9 cm³/mol. The summed E-state index contributed by atoms with van der Waals surface area (Å²) >= 11 is 1.34. The van der Waals surface area contributed by atoms with E-state index in [2.05, 4.69) is 22.2 Å². The van der Waals surface area contributed by atoms with Crippen LogP contribution in [0.15, 0.2) is 40.5 Å². The van der Waals surface area contributed by atoms with Crippen LogP contribution in [-0.4, -0.2) is 23.6 Å². The number of aromatic nitrogens is 2. The summed E-state index contributed by atoms with van der Waals surface area (Å²) in [7, 11) is 1.57. The van der Waals surface area contributed by atoms with Crippen molar-refractivity contribution in [1.82, 2.24) is 9.97 Å². The summed E-state index contributed by atoms with van der Waals surface area (Å²) in [5, 5.41) is 3.85. The van der Waals surface area contributed by atoms with Gasteiger partial charge in [-0.3, -0.25) is 0 Å². The van der Waals surface area contributed by atoms with Gasteiger partial charge in [0, 0.05) is 11.4 Å². The molecule has 0 saturated heterocycles. The number of nitrogens with one attached hydrogen (secondary N) is 1. The van der Waals surface area contributed by atoms with Gasteiger partial charge in [-0.25, -0.2) is 14.4 Å². The Morgan fingerprint density at radius 3 is 2.90 bits per heavy atom. The van der Waals surface area contributed by atoms with Gasteiger partial charge in [0.05, 0.1) is 7.11 Å². The molecule has 20 heavy (non-hydrogen) atoms. The van der Waals surface area contributed by atoms with Gasteiger partial charge in [-0.2, -0.15) is 0 Å². The predicted octanol–water partition coefficient (Wildman–Crippen LogP) is 3.60. The molecule has 0 radical (unpaired) electrons. The molecule has 6 heteroatoms. The summed E-state index contributed by atoms with van der Waals surface area (Å²) in [5.74, 6) is 0.964. The van der Waals surface area contributed by atoms with Crippen LogP contribution < -0.4 is 10.1 Å². The molecule has 1 aromatic heterocycles. The number of halogens is 1. The number of methoxy groups -OCH3 is 1. The van der Waals surface area contributed by atoms with Crippen LogP contribution in [-0.2, 0) is 0 Å². The van der Waals surface area contributed by atoms with Crippen molar-refractivity contribution < 1.29 is 9.13 Å². The van der Waals surface area contributed by atoms with Crippen LogP contribution in [0.5, 0.6) is 5.75 Å². The van der Waals surface area contributed by atoms with Crippen LogP contribution in [0.25, 0.3) is 0 Å². The van der Waals surface area contributed by atoms with Crippen LogP contribution in [0.1, 0.15) is 13.3 Å². The molecule has 0 unspecified atom stereocenters. The highest BCUT2D eigenvalue weighted by Gasteiger charge is 2.13. The molecule has 2 aromatic rings. The molecule has 0 fully saturated rings. The molecule has 0 spiro atoms. The van der Waals surface area contributed by atoms with E-state index in [-0.39, 0.29) is 5.82 Å². The van der Waals surface area contributed by atoms with Gasteiger partial charge in [-0.15, -0.1) is 0 Å². The second-order valence-electron chi connectivity index (χ2n) is 4.05. The van der Waals surface area contributed by atoms with Crippen LogP contribution in [0, 0.1) is 5.82 Å². The number of benzene rings is 1. The van der Waals surface area contributed by atoms with E-state index in [1.54, 1.807) is 13.2 Å². The molecule has 0 saturated carbocycles. The fraction of sp³-hybridized carbons (Fsp3) is 0.286. The molecular weight excluding hydrogens is 277 g/mol. The third kappa shape index (κ3) is 3.60. The highest BCUT2D eigenvalue weighted by molar-refractivity contribution is 7.99. The highest BCUT2D eigenvalue weighted by atomic mass is 32.2. The Bertz CT molecular complexity index is 580. The van der Waals surface area contributed by atoms with Crippen LogP contribution in [0.4, 0.5) is 10.2 Å². The zero-order valence-electron chi connectivity index (χ0n) is 11.4. The molecule has 0 aliphatic carbocycles. The van der Waals surface area contributed by atoms with Crippen LogP contribution >= 0.6 is 11.8 Å². The van der Waals surface area contributed by atoms with Crippen LogP contribution in [0.3, 0.4) is 0 Å². The largest absolute Gasteiger partial charge is 0.490 e. The van der Waals surface area contributed by atoms with Gasteiger partial charge in [0.15, 0.2) is 11.6 Å². The van der Waals surface area contributed by atoms with Crippen molar-refractivity contribution in [3.05, 3.63) is 36.4 Å². The minimum absolute atomic E-state index is 0.271. The molecule has 1 N–H and O–H groups in total. The van der Waals surface area contributed by atoms with Crippen molar-refractivity contribution in [1.29, 1.82) is 0 Å². The number of hydrogen-bond donors (Lipinski definition) is 1. The first-order valence-electron chi connectivity index (χ1n) is 6.31. The molecule has 0 amide bonds. The first kappa shape index (κ1) is 14.6. The van der Waals surface area contributed by atoms with Gasteiger partial charge in [-0.1, -0.05) is 24.8 Å². The summed E-state index contributed by atoms with van der Waals surface area (Å²) in [6, 6.07) is 6.37. The topological polar surface area (TPSA) is 47.0 Å². The standard InChI is InChI=1S/C14H16FN3OS/c1-3-7-16-13-12(19-2)14(18-9-17-13)20-11-6-4-5-10(15)8-11/h4-6,8-9H,3,7H2,1-2H3,(H,16,17,18). The van der Waals surface area contributed by atoms with Gasteiger partial charge in [-0.05, 0) is 24.6 Å². The third-order valence-electron chi connectivity index (χ3n) is 2.53. The number of ether oxygens (including phenoxy) is 1. The van der Waals surface area contributed by atoms with Crippen molar-refractivity contribution in [2.24, 2.45) is 0 Å². The maximum atomic E-state index is 13.2. The minimum atomic E-state index is -0.271. The zero-order valence-corrected chi connectivity index (χ0v) is 12.2. The van der Waals surface area contributed by atoms with Crippen molar-refractivity contribution in [2.45, 2.75) is 23.3 Å². The van der Waals surface area contributed by atoms with Crippen molar-refractivity contribution >= 4 is 17.6 Å². The Kier molecular flexibility index (Phi) is 5.17. The Morgan fingerprint density at radius 1 is 1.35 bits per heavy atom. The van der Waals surface area contributed by atoms with Gasteiger partial charge < -0.3 is 10.1 Å². The number of nitrogens with zero attached hydrogens (tertiary/aromatic N) is 2. The minimum Gasteiger partial charge on any atom is -0.490 e. The van der Waals surface area contributed by atoms with Crippen molar-refractivity contribution in [3.8, 4) is 5.75 Å². The lowest BCUT2D eigenvalue weighted by molar-refractivity contribution is 0.400. The van der Waals surface area contributed by atoms with Gasteiger partial charge in [0.2, 0.25) is 0 Å². The van der Waals surface area contributed by atoms with E-state index < -0.39 is 0 Å². The van der Waals surface area contributed by atoms with E-state index in [1.807, 2.05) is 6.07 Å². The summed E-state index contributed by atoms with van der Waals surface area (Å²) in [6.07, 6.45) is 2.46. The van der Waals surface area contributed by atoms with Crippen molar-refractivity contribution in [2.75, 3.05) is 19.0 Å². The molecule has 1 aromatic carbocycles. The Balaban J connectivity index is 2.26. The van der Waals surface area contributed by atoms with E-state index in [9.17, 15) is 4.39 Å². The molecule has 0 aliphatic heterocycles. The normalized spacial score (nSPS) is 10.3. The molecule has 0 atom stereocenters. The maximum absolute atomic E-state index is 13.2. The molecule has 0 aliphatic rings. The van der Waals surface area contributed by atoms with E-state index in [4.69, 9.17) is 4.74 Å². The van der Waals surface area contributed by atoms with E-state index in [0.717, 1.165) is 17.9 Å². The second-order valence-corrected chi connectivity index (χ2v) is 5.11. The first-order valence-corrected chi connectivity index (χ1v) is 7.12. The van der Waals surface area contributed by atoms with Crippen LogP contribution in [0.2, 0.25) is 0 Å². The average Bonchev–Trinajstić information content (AvgIpc) is 2.45. The number of hydrogen-bond acceptors (Lipinski definition) is 5. The lowest BCUT2D eigenvalue weighted by Gasteiger charge is -2.12. The Hall–Kier alpha value is -1.82. The fourth-order valence-corrected chi connectivity index (χ4v) is 2.54. The average molecular weight is 293 g/mol. The maximum Gasteiger partial charge on any atom is 0.194 e. The van der Waals surface area contributed by atoms with Crippen molar-refractivity contribution in [3.63, 3.8) is 0 Å². The number of anilines is 1. The monoisotopic (exact) mass is 293 g/mol. The lowest BCUT2D eigenvalue weighted by Crippen LogP contribution is -2.05. The molecule has 0 bridgehead atoms. The fourth-order valence-electron chi connectivity index (χ4n) is 1.63. The Morgan fingerprint density at radius 2 is 2.20 bits per heavy atom. The van der Waals surface area contributed by atoms with Gasteiger partial charge in [0.25, 0.3) is 0 Å². The van der Waals surface area contributed by atoms with E-state index >= 15 is 0 Å². The molecule has 106 valence electrons. The lowest BCUT2D eigenvalue weighted by atomic mass is 10.4. The SMILES string of the molecule is CCCNc1ncnc(Sc2cccc(F)c2)c1OC. The second kappa shape index (κ2) is 7.09. The number of rotatable bonds is 6. The summed E-state index contributed by atoms with van der Waals surface area (Å²) < 4.78 is 18.6. The third-order valence-corrected chi connectivity index (χ3v) is 3.50. The molecule has 2 rings (SSSR count). The van der Waals surface area contributed by atoms with Gasteiger partial charge >= 0.3 is 0 Å². The first-order chi connectivity index (χ1) is 9.74. The summed E-state index contributed by atoms with van der Waals surface area (Å²) in [6.45, 7) is 2.88. The van der Waals surface area contributed by atoms with E-state index in [0.29, 0.717) is 16.6 Å². The van der Waals surface area contributed by atoms with Gasteiger partial charge in [0.1, 0.15) is 17.2 Å². The molecule has 4 nitrogen and oxygen atoms in total. The quantitative estimate of drug-likeness (QED) is 0.825. The summed E-state index contributed by atoms with van der Waals surface area (Å²) in [4.78, 5) is 9.15. The molecule has 1 heterocycles. The smallest absolute Gasteiger partial charge is 0.194 e. The Labute approximate surface area is 121 Å².